The summed E-state index contributed by atoms with van der Waals surface area (Å²) in [5, 5.41) is 0. The number of piperidine rings is 1. The summed E-state index contributed by atoms with van der Waals surface area (Å²) in [6.07, 6.45) is 6.51. The van der Waals surface area contributed by atoms with Crippen LogP contribution in [-0.4, -0.2) is 24.0 Å². The molecule has 1 fully saturated rings. The van der Waals surface area contributed by atoms with Gasteiger partial charge in [-0.2, -0.15) is 0 Å². The lowest BCUT2D eigenvalue weighted by atomic mass is 9.99. The van der Waals surface area contributed by atoms with E-state index in [0.717, 1.165) is 24.7 Å². The molecule has 1 unspecified atom stereocenters. The topological polar surface area (TPSA) is 29.3 Å². The number of benzene rings is 1. The van der Waals surface area contributed by atoms with E-state index in [1.807, 2.05) is 12.1 Å². The molecule has 0 saturated carbocycles. The molecule has 1 saturated heterocycles. The zero-order valence-corrected chi connectivity index (χ0v) is 10.9. The Kier molecular flexibility index (Phi) is 4.43. The molecule has 2 rings (SSSR count). The summed E-state index contributed by atoms with van der Waals surface area (Å²) in [6, 6.07) is 9.05. The number of anilines is 1. The van der Waals surface area contributed by atoms with Crippen molar-refractivity contribution in [2.45, 2.75) is 45.1 Å². The number of para-hydroxylation sites is 1. The van der Waals surface area contributed by atoms with Crippen molar-refractivity contribution in [3.8, 4) is 0 Å². The third-order valence-electron chi connectivity index (χ3n) is 3.94. The maximum absolute atomic E-state index is 5.98. The molecule has 1 atom stereocenters. The molecule has 0 amide bonds. The van der Waals surface area contributed by atoms with Gasteiger partial charge in [0.1, 0.15) is 0 Å². The summed E-state index contributed by atoms with van der Waals surface area (Å²) in [5.41, 5.74) is 8.23. The van der Waals surface area contributed by atoms with Crippen LogP contribution < -0.4 is 5.73 Å². The molecule has 2 heteroatoms. The van der Waals surface area contributed by atoms with Crippen molar-refractivity contribution in [3.05, 3.63) is 29.8 Å². The molecule has 1 aliphatic heterocycles. The Bertz CT molecular complexity index is 349. The standard InChI is InChI=1S/C15H24N2/c1-2-14-8-5-6-11-17(14)12-10-13-7-3-4-9-15(13)16/h3-4,7,9,14H,2,5-6,8,10-12,16H2,1H3. The van der Waals surface area contributed by atoms with Crippen LogP contribution in [0.15, 0.2) is 24.3 Å². The van der Waals surface area contributed by atoms with Gasteiger partial charge in [-0.1, -0.05) is 31.5 Å². The number of rotatable bonds is 4. The van der Waals surface area contributed by atoms with E-state index < -0.39 is 0 Å². The lowest BCUT2D eigenvalue weighted by Gasteiger charge is -2.35. The molecule has 0 bridgehead atoms. The highest BCUT2D eigenvalue weighted by molar-refractivity contribution is 5.46. The number of nitrogens with zero attached hydrogens (tertiary/aromatic N) is 1. The lowest BCUT2D eigenvalue weighted by molar-refractivity contribution is 0.146. The Hall–Kier alpha value is -1.02. The number of hydrogen-bond acceptors (Lipinski definition) is 2. The summed E-state index contributed by atoms with van der Waals surface area (Å²) in [6.45, 7) is 4.73. The van der Waals surface area contributed by atoms with Gasteiger partial charge in [0.05, 0.1) is 0 Å². The molecule has 0 radical (unpaired) electrons. The second-order valence-corrected chi connectivity index (χ2v) is 5.04. The van der Waals surface area contributed by atoms with Gasteiger partial charge in [0, 0.05) is 18.3 Å². The van der Waals surface area contributed by atoms with Gasteiger partial charge in [-0.3, -0.25) is 0 Å². The smallest absolute Gasteiger partial charge is 0.0347 e. The Balaban J connectivity index is 1.90. The summed E-state index contributed by atoms with van der Waals surface area (Å²) < 4.78 is 0. The van der Waals surface area contributed by atoms with Crippen molar-refractivity contribution in [2.24, 2.45) is 0 Å². The molecule has 94 valence electrons. The van der Waals surface area contributed by atoms with Crippen LogP contribution in [0.1, 0.15) is 38.2 Å². The molecule has 2 N–H and O–H groups in total. The highest BCUT2D eigenvalue weighted by Crippen LogP contribution is 2.20. The normalized spacial score (nSPS) is 21.6. The molecule has 17 heavy (non-hydrogen) atoms. The molecule has 1 heterocycles. The van der Waals surface area contributed by atoms with Gasteiger partial charge in [0.15, 0.2) is 0 Å². The average molecular weight is 232 g/mol. The third kappa shape index (κ3) is 3.22. The van der Waals surface area contributed by atoms with E-state index in [1.165, 1.54) is 37.8 Å². The summed E-state index contributed by atoms with van der Waals surface area (Å²) >= 11 is 0. The van der Waals surface area contributed by atoms with Crippen LogP contribution in [0.25, 0.3) is 0 Å². The van der Waals surface area contributed by atoms with Crippen molar-refractivity contribution >= 4 is 5.69 Å². The van der Waals surface area contributed by atoms with Crippen LogP contribution in [-0.2, 0) is 6.42 Å². The van der Waals surface area contributed by atoms with E-state index in [9.17, 15) is 0 Å². The van der Waals surface area contributed by atoms with Gasteiger partial charge >= 0.3 is 0 Å². The molecular weight excluding hydrogens is 208 g/mol. The number of hydrogen-bond donors (Lipinski definition) is 1. The van der Waals surface area contributed by atoms with Crippen LogP contribution in [0.5, 0.6) is 0 Å². The molecule has 0 aliphatic carbocycles. The quantitative estimate of drug-likeness (QED) is 0.808. The number of nitrogens with two attached hydrogens (primary N) is 1. The zero-order valence-electron chi connectivity index (χ0n) is 10.9. The van der Waals surface area contributed by atoms with Crippen LogP contribution >= 0.6 is 0 Å². The van der Waals surface area contributed by atoms with Gasteiger partial charge in [0.2, 0.25) is 0 Å². The van der Waals surface area contributed by atoms with Crippen LogP contribution in [0.3, 0.4) is 0 Å². The van der Waals surface area contributed by atoms with E-state index in [-0.39, 0.29) is 0 Å². The molecule has 1 aromatic rings. The first-order valence-electron chi connectivity index (χ1n) is 6.88. The van der Waals surface area contributed by atoms with Crippen LogP contribution in [0.2, 0.25) is 0 Å². The lowest BCUT2D eigenvalue weighted by Crippen LogP contribution is -2.40. The predicted molar refractivity (Wildman–Crippen MR) is 74.1 cm³/mol. The van der Waals surface area contributed by atoms with E-state index >= 15 is 0 Å². The minimum absolute atomic E-state index is 0.800. The largest absolute Gasteiger partial charge is 0.399 e. The maximum atomic E-state index is 5.98. The highest BCUT2D eigenvalue weighted by Gasteiger charge is 2.20. The van der Waals surface area contributed by atoms with Crippen molar-refractivity contribution in [3.63, 3.8) is 0 Å². The van der Waals surface area contributed by atoms with E-state index in [1.54, 1.807) is 0 Å². The minimum Gasteiger partial charge on any atom is -0.399 e. The molecular formula is C15H24N2. The average Bonchev–Trinajstić information content (AvgIpc) is 2.38. The van der Waals surface area contributed by atoms with Gasteiger partial charge < -0.3 is 10.6 Å². The third-order valence-corrected chi connectivity index (χ3v) is 3.94. The first kappa shape index (κ1) is 12.4. The van der Waals surface area contributed by atoms with E-state index in [4.69, 9.17) is 5.73 Å². The molecule has 0 aromatic heterocycles. The predicted octanol–water partition coefficient (Wildman–Crippen LogP) is 3.08. The fourth-order valence-corrected chi connectivity index (χ4v) is 2.84. The zero-order chi connectivity index (χ0) is 12.1. The fraction of sp³-hybridized carbons (Fsp3) is 0.600. The first-order valence-corrected chi connectivity index (χ1v) is 6.88. The SMILES string of the molecule is CCC1CCCCN1CCc1ccccc1N. The van der Waals surface area contributed by atoms with Gasteiger partial charge in [0.25, 0.3) is 0 Å². The maximum Gasteiger partial charge on any atom is 0.0347 e. The molecule has 0 spiro atoms. The summed E-state index contributed by atoms with van der Waals surface area (Å²) in [4.78, 5) is 2.65. The Morgan fingerprint density at radius 1 is 1.29 bits per heavy atom. The molecule has 1 aromatic carbocycles. The number of nitrogen functional groups attached to an aromatic ring is 1. The second-order valence-electron chi connectivity index (χ2n) is 5.04. The van der Waals surface area contributed by atoms with Crippen molar-refractivity contribution in [1.82, 2.24) is 4.90 Å². The first-order chi connectivity index (χ1) is 8.31. The fourth-order valence-electron chi connectivity index (χ4n) is 2.84. The Morgan fingerprint density at radius 2 is 2.12 bits per heavy atom. The second kappa shape index (κ2) is 6.06. The highest BCUT2D eigenvalue weighted by atomic mass is 15.2. The summed E-state index contributed by atoms with van der Waals surface area (Å²) in [7, 11) is 0. The molecule has 2 nitrogen and oxygen atoms in total. The summed E-state index contributed by atoms with van der Waals surface area (Å²) in [5.74, 6) is 0. The van der Waals surface area contributed by atoms with Crippen LogP contribution in [0, 0.1) is 0 Å². The van der Waals surface area contributed by atoms with Crippen molar-refractivity contribution < 1.29 is 0 Å². The van der Waals surface area contributed by atoms with Gasteiger partial charge in [-0.15, -0.1) is 0 Å². The van der Waals surface area contributed by atoms with Crippen molar-refractivity contribution in [1.29, 1.82) is 0 Å². The van der Waals surface area contributed by atoms with E-state index in [0.29, 0.717) is 0 Å². The van der Waals surface area contributed by atoms with Crippen molar-refractivity contribution in [2.75, 3.05) is 18.8 Å². The molecule has 1 aliphatic rings. The van der Waals surface area contributed by atoms with Gasteiger partial charge in [-0.25, -0.2) is 0 Å². The van der Waals surface area contributed by atoms with Gasteiger partial charge in [-0.05, 0) is 43.9 Å². The Labute approximate surface area is 105 Å². The Morgan fingerprint density at radius 3 is 2.88 bits per heavy atom. The minimum atomic E-state index is 0.800. The number of likely N-dealkylation sites (tertiary alicyclic amines) is 1. The monoisotopic (exact) mass is 232 g/mol. The van der Waals surface area contributed by atoms with E-state index in [2.05, 4.69) is 24.0 Å². The van der Waals surface area contributed by atoms with Crippen LogP contribution in [0.4, 0.5) is 5.69 Å².